The molecule has 3 nitrogen and oxygen atoms in total. The van der Waals surface area contributed by atoms with Crippen molar-refractivity contribution >= 4 is 11.8 Å². The number of aliphatic hydroxyl groups is 2. The van der Waals surface area contributed by atoms with Gasteiger partial charge in [-0.15, -0.1) is 0 Å². The molecular formula is C12H25NO2S. The van der Waals surface area contributed by atoms with E-state index in [4.69, 9.17) is 0 Å². The average Bonchev–Trinajstić information content (AvgIpc) is 2.74. The molecule has 96 valence electrons. The average molecular weight is 247 g/mol. The summed E-state index contributed by atoms with van der Waals surface area (Å²) in [5, 5.41) is 22.7. The fourth-order valence-corrected chi connectivity index (χ4v) is 3.21. The molecule has 1 aliphatic rings. The molecule has 1 saturated carbocycles. The second-order valence-corrected chi connectivity index (χ2v) is 6.67. The van der Waals surface area contributed by atoms with Crippen molar-refractivity contribution in [3.05, 3.63) is 0 Å². The lowest BCUT2D eigenvalue weighted by Crippen LogP contribution is -2.41. The Bertz CT molecular complexity index is 197. The molecule has 0 aliphatic heterocycles. The van der Waals surface area contributed by atoms with Crippen molar-refractivity contribution in [2.75, 3.05) is 25.5 Å². The Morgan fingerprint density at radius 2 is 2.00 bits per heavy atom. The van der Waals surface area contributed by atoms with Crippen LogP contribution in [-0.4, -0.2) is 47.0 Å². The predicted molar refractivity (Wildman–Crippen MR) is 69.8 cm³/mol. The van der Waals surface area contributed by atoms with Crippen LogP contribution in [0.2, 0.25) is 0 Å². The Kier molecular flexibility index (Phi) is 6.11. The van der Waals surface area contributed by atoms with Crippen LogP contribution in [0.15, 0.2) is 0 Å². The van der Waals surface area contributed by atoms with Crippen molar-refractivity contribution in [3.63, 3.8) is 0 Å². The largest absolute Gasteiger partial charge is 0.396 e. The summed E-state index contributed by atoms with van der Waals surface area (Å²) >= 11 is 2.05. The summed E-state index contributed by atoms with van der Waals surface area (Å²) < 4.78 is 0. The molecule has 3 N–H and O–H groups in total. The first-order valence-corrected chi connectivity index (χ1v) is 7.25. The summed E-state index contributed by atoms with van der Waals surface area (Å²) in [5.74, 6) is 1.20. The van der Waals surface area contributed by atoms with Crippen molar-refractivity contribution in [2.24, 2.45) is 5.41 Å². The Labute approximate surface area is 103 Å². The second kappa shape index (κ2) is 6.84. The fraction of sp³-hybridized carbons (Fsp3) is 1.00. The van der Waals surface area contributed by atoms with Crippen LogP contribution in [0.25, 0.3) is 0 Å². The van der Waals surface area contributed by atoms with E-state index in [1.807, 2.05) is 18.7 Å². The van der Waals surface area contributed by atoms with Gasteiger partial charge in [0.15, 0.2) is 0 Å². The van der Waals surface area contributed by atoms with Crippen LogP contribution in [0.3, 0.4) is 0 Å². The molecule has 0 aromatic rings. The third-order valence-corrected chi connectivity index (χ3v) is 4.60. The molecule has 2 atom stereocenters. The number of hydrogen-bond donors (Lipinski definition) is 3. The van der Waals surface area contributed by atoms with Crippen LogP contribution in [-0.2, 0) is 0 Å². The van der Waals surface area contributed by atoms with E-state index in [0.717, 1.165) is 5.25 Å². The molecule has 1 aliphatic carbocycles. The van der Waals surface area contributed by atoms with Gasteiger partial charge in [0.1, 0.15) is 0 Å². The summed E-state index contributed by atoms with van der Waals surface area (Å²) in [6.45, 7) is 4.90. The summed E-state index contributed by atoms with van der Waals surface area (Å²) in [4.78, 5) is 0. The topological polar surface area (TPSA) is 52.5 Å². The van der Waals surface area contributed by atoms with E-state index in [1.165, 1.54) is 25.0 Å². The molecule has 1 rings (SSSR count). The molecule has 0 bridgehead atoms. The van der Waals surface area contributed by atoms with Gasteiger partial charge in [-0.05, 0) is 25.0 Å². The van der Waals surface area contributed by atoms with Crippen molar-refractivity contribution in [2.45, 2.75) is 44.4 Å². The van der Waals surface area contributed by atoms with Gasteiger partial charge in [-0.25, -0.2) is 0 Å². The maximum absolute atomic E-state index is 9.19. The zero-order valence-electron chi connectivity index (χ0n) is 10.4. The lowest BCUT2D eigenvalue weighted by atomic mass is 9.92. The molecule has 4 heteroatoms. The van der Waals surface area contributed by atoms with Crippen LogP contribution in [0.4, 0.5) is 0 Å². The van der Waals surface area contributed by atoms with E-state index in [1.54, 1.807) is 0 Å². The highest BCUT2D eigenvalue weighted by Gasteiger charge is 2.28. The molecule has 2 unspecified atom stereocenters. The first-order chi connectivity index (χ1) is 7.63. The van der Waals surface area contributed by atoms with Crippen LogP contribution in [0, 0.1) is 5.41 Å². The fourth-order valence-electron chi connectivity index (χ4n) is 2.07. The molecule has 0 radical (unpaired) electrons. The van der Waals surface area contributed by atoms with Crippen LogP contribution >= 0.6 is 11.8 Å². The van der Waals surface area contributed by atoms with Gasteiger partial charge >= 0.3 is 0 Å². The summed E-state index contributed by atoms with van der Waals surface area (Å²) in [6.07, 6.45) is 3.75. The zero-order valence-corrected chi connectivity index (χ0v) is 11.2. The number of thioether (sulfide) groups is 1. The van der Waals surface area contributed by atoms with Crippen molar-refractivity contribution < 1.29 is 10.2 Å². The van der Waals surface area contributed by atoms with E-state index in [-0.39, 0.29) is 18.6 Å². The monoisotopic (exact) mass is 247 g/mol. The van der Waals surface area contributed by atoms with Gasteiger partial charge in [0.05, 0.1) is 13.2 Å². The summed E-state index contributed by atoms with van der Waals surface area (Å²) in [5.41, 5.74) is -0.379. The first-order valence-electron chi connectivity index (χ1n) is 6.20. The molecule has 0 heterocycles. The SMILES string of the molecule is CCSC1CCC(NCC(C)(CO)CO)C1. The van der Waals surface area contributed by atoms with Crippen molar-refractivity contribution in [1.82, 2.24) is 5.32 Å². The molecular weight excluding hydrogens is 222 g/mol. The highest BCUT2D eigenvalue weighted by atomic mass is 32.2. The van der Waals surface area contributed by atoms with Gasteiger partial charge < -0.3 is 15.5 Å². The van der Waals surface area contributed by atoms with Gasteiger partial charge in [0.25, 0.3) is 0 Å². The van der Waals surface area contributed by atoms with Gasteiger partial charge in [-0.1, -0.05) is 13.8 Å². The van der Waals surface area contributed by atoms with E-state index >= 15 is 0 Å². The normalized spacial score (nSPS) is 26.2. The Balaban J connectivity index is 2.24. The predicted octanol–water partition coefficient (Wildman–Crippen LogP) is 1.24. The molecule has 0 amide bonds. The van der Waals surface area contributed by atoms with Crippen molar-refractivity contribution in [1.29, 1.82) is 0 Å². The maximum atomic E-state index is 9.19. The number of nitrogens with one attached hydrogen (secondary N) is 1. The van der Waals surface area contributed by atoms with Crippen LogP contribution in [0.5, 0.6) is 0 Å². The zero-order chi connectivity index (χ0) is 12.0. The first kappa shape index (κ1) is 14.3. The lowest BCUT2D eigenvalue weighted by molar-refractivity contribution is 0.0675. The molecule has 0 spiro atoms. The highest BCUT2D eigenvalue weighted by molar-refractivity contribution is 7.99. The summed E-state index contributed by atoms with van der Waals surface area (Å²) in [6, 6.07) is 0.571. The Morgan fingerprint density at radius 1 is 1.31 bits per heavy atom. The Hall–Kier alpha value is 0.230. The van der Waals surface area contributed by atoms with E-state index in [2.05, 4.69) is 12.2 Å². The smallest absolute Gasteiger partial charge is 0.0518 e. The van der Waals surface area contributed by atoms with E-state index in [9.17, 15) is 10.2 Å². The van der Waals surface area contributed by atoms with Gasteiger partial charge in [-0.2, -0.15) is 11.8 Å². The molecule has 0 saturated heterocycles. The number of hydrogen-bond acceptors (Lipinski definition) is 4. The second-order valence-electron chi connectivity index (χ2n) is 5.10. The maximum Gasteiger partial charge on any atom is 0.0518 e. The van der Waals surface area contributed by atoms with Gasteiger partial charge in [-0.3, -0.25) is 0 Å². The van der Waals surface area contributed by atoms with E-state index < -0.39 is 0 Å². The molecule has 1 fully saturated rings. The summed E-state index contributed by atoms with van der Waals surface area (Å²) in [7, 11) is 0. The number of aliphatic hydroxyl groups excluding tert-OH is 2. The highest BCUT2D eigenvalue weighted by Crippen LogP contribution is 2.30. The number of rotatable bonds is 7. The molecule has 16 heavy (non-hydrogen) atoms. The van der Waals surface area contributed by atoms with Crippen molar-refractivity contribution in [3.8, 4) is 0 Å². The minimum absolute atomic E-state index is 0.0381. The van der Waals surface area contributed by atoms with Crippen LogP contribution in [0.1, 0.15) is 33.1 Å². The van der Waals surface area contributed by atoms with Gasteiger partial charge in [0, 0.05) is 23.3 Å². The third-order valence-electron chi connectivity index (χ3n) is 3.37. The molecule has 0 aromatic carbocycles. The third kappa shape index (κ3) is 4.24. The lowest BCUT2D eigenvalue weighted by Gasteiger charge is -2.27. The van der Waals surface area contributed by atoms with Gasteiger partial charge in [0.2, 0.25) is 0 Å². The minimum atomic E-state index is -0.379. The quantitative estimate of drug-likeness (QED) is 0.633. The van der Waals surface area contributed by atoms with E-state index in [0.29, 0.717) is 12.6 Å². The van der Waals surface area contributed by atoms with Crippen LogP contribution < -0.4 is 5.32 Å². The Morgan fingerprint density at radius 3 is 2.56 bits per heavy atom. The molecule has 0 aromatic heterocycles. The minimum Gasteiger partial charge on any atom is -0.396 e. The standard InChI is InChI=1S/C12H25NO2S/c1-3-16-11-5-4-10(6-11)13-7-12(2,8-14)9-15/h10-11,13-15H,3-9H2,1-2H3.